The van der Waals surface area contributed by atoms with Crippen molar-refractivity contribution in [3.05, 3.63) is 46.7 Å². The van der Waals surface area contributed by atoms with Gasteiger partial charge in [-0.1, -0.05) is 11.6 Å². The lowest BCUT2D eigenvalue weighted by Gasteiger charge is -2.18. The number of hydrogen-bond donors (Lipinski definition) is 2. The van der Waals surface area contributed by atoms with Crippen molar-refractivity contribution in [2.45, 2.75) is 13.0 Å². The van der Waals surface area contributed by atoms with Crippen LogP contribution in [0.4, 0.5) is 5.69 Å². The van der Waals surface area contributed by atoms with Crippen LogP contribution in [0.15, 0.2) is 30.5 Å². The van der Waals surface area contributed by atoms with Gasteiger partial charge in [-0.15, -0.1) is 0 Å². The van der Waals surface area contributed by atoms with Gasteiger partial charge in [-0.2, -0.15) is 5.10 Å². The van der Waals surface area contributed by atoms with Gasteiger partial charge in [0.2, 0.25) is 5.91 Å². The van der Waals surface area contributed by atoms with Crippen molar-refractivity contribution >= 4 is 23.2 Å². The maximum Gasteiger partial charge on any atom is 0.238 e. The Morgan fingerprint density at radius 2 is 2.22 bits per heavy atom. The smallest absolute Gasteiger partial charge is 0.238 e. The van der Waals surface area contributed by atoms with Gasteiger partial charge in [0.15, 0.2) is 0 Å². The van der Waals surface area contributed by atoms with Crippen molar-refractivity contribution in [1.29, 1.82) is 0 Å². The van der Waals surface area contributed by atoms with Crippen LogP contribution >= 0.6 is 11.6 Å². The zero-order valence-electron chi connectivity index (χ0n) is 13.5. The maximum absolute atomic E-state index is 12.1. The van der Waals surface area contributed by atoms with Gasteiger partial charge in [-0.25, -0.2) is 0 Å². The first-order chi connectivity index (χ1) is 11.0. The average molecular weight is 337 g/mol. The number of hydrogen-bond acceptors (Lipinski definition) is 4. The first kappa shape index (κ1) is 17.5. The maximum atomic E-state index is 12.1. The number of benzene rings is 1. The number of anilines is 1. The molecule has 0 spiro atoms. The summed E-state index contributed by atoms with van der Waals surface area (Å²) in [6, 6.07) is 7.18. The summed E-state index contributed by atoms with van der Waals surface area (Å²) in [7, 11) is 3.48. The number of carbonyl (C=O) groups is 1. The molecule has 23 heavy (non-hydrogen) atoms. The van der Waals surface area contributed by atoms with E-state index in [1.54, 1.807) is 30.1 Å². The molecule has 124 valence electrons. The molecule has 6 nitrogen and oxygen atoms in total. The Kier molecular flexibility index (Phi) is 6.15. The lowest BCUT2D eigenvalue weighted by molar-refractivity contribution is -0.115. The minimum absolute atomic E-state index is 0.106. The van der Waals surface area contributed by atoms with E-state index in [-0.39, 0.29) is 18.5 Å². The first-order valence-electron chi connectivity index (χ1n) is 7.27. The monoisotopic (exact) mass is 336 g/mol. The minimum atomic E-state index is -0.130. The van der Waals surface area contributed by atoms with Crippen LogP contribution in [-0.4, -0.2) is 35.9 Å². The molecule has 0 bridgehead atoms. The summed E-state index contributed by atoms with van der Waals surface area (Å²) in [5, 5.41) is 10.8. The topological polar surface area (TPSA) is 68.2 Å². The first-order valence-corrected chi connectivity index (χ1v) is 7.65. The molecule has 1 aromatic carbocycles. The number of nitrogens with zero attached hydrogens (tertiary/aromatic N) is 2. The van der Waals surface area contributed by atoms with Gasteiger partial charge in [0.05, 0.1) is 24.9 Å². The Morgan fingerprint density at radius 3 is 2.83 bits per heavy atom. The molecule has 0 aliphatic rings. The van der Waals surface area contributed by atoms with Crippen LogP contribution in [0.3, 0.4) is 0 Å². The molecular formula is C16H21ClN4O2. The molecule has 0 saturated carbocycles. The lowest BCUT2D eigenvalue weighted by atomic mass is 10.2. The summed E-state index contributed by atoms with van der Waals surface area (Å²) in [5.74, 6) is -0.130. The second-order valence-corrected chi connectivity index (χ2v) is 5.69. The van der Waals surface area contributed by atoms with Gasteiger partial charge in [-0.3, -0.25) is 14.8 Å². The van der Waals surface area contributed by atoms with Crippen LogP contribution < -0.4 is 10.6 Å². The quantitative estimate of drug-likeness (QED) is 0.814. The molecule has 2 N–H and O–H groups in total. The van der Waals surface area contributed by atoms with Crippen molar-refractivity contribution in [3.63, 3.8) is 0 Å². The third-order valence-electron chi connectivity index (χ3n) is 3.50. The van der Waals surface area contributed by atoms with E-state index in [2.05, 4.69) is 15.7 Å². The minimum Gasteiger partial charge on any atom is -0.383 e. The van der Waals surface area contributed by atoms with Crippen LogP contribution in [-0.2, 0) is 16.6 Å². The van der Waals surface area contributed by atoms with Crippen LogP contribution in [0.25, 0.3) is 0 Å². The molecule has 0 radical (unpaired) electrons. The number of halogens is 1. The number of amides is 1. The molecule has 1 aromatic heterocycles. The summed E-state index contributed by atoms with van der Waals surface area (Å²) < 4.78 is 6.97. The summed E-state index contributed by atoms with van der Waals surface area (Å²) >= 11 is 5.98. The summed E-state index contributed by atoms with van der Waals surface area (Å²) in [4.78, 5) is 12.1. The number of nitrogens with one attached hydrogen (secondary N) is 2. The summed E-state index contributed by atoms with van der Waals surface area (Å²) in [6.07, 6.45) is 1.72. The Morgan fingerprint density at radius 1 is 1.43 bits per heavy atom. The molecule has 0 unspecified atom stereocenters. The van der Waals surface area contributed by atoms with Crippen molar-refractivity contribution in [3.8, 4) is 0 Å². The number of rotatable bonds is 7. The van der Waals surface area contributed by atoms with Crippen molar-refractivity contribution in [1.82, 2.24) is 15.1 Å². The Labute approximate surface area is 140 Å². The van der Waals surface area contributed by atoms with Gasteiger partial charge in [0.1, 0.15) is 0 Å². The molecule has 0 aliphatic heterocycles. The number of aromatic nitrogens is 2. The molecule has 2 aromatic rings. The predicted molar refractivity (Wildman–Crippen MR) is 90.6 cm³/mol. The molecule has 2 rings (SSSR count). The molecular weight excluding hydrogens is 316 g/mol. The van der Waals surface area contributed by atoms with E-state index in [9.17, 15) is 4.79 Å². The Bertz CT molecular complexity index is 672. The highest BCUT2D eigenvalue weighted by Gasteiger charge is 2.16. The van der Waals surface area contributed by atoms with Gasteiger partial charge < -0.3 is 10.1 Å². The number of ether oxygens (including phenoxy) is 1. The van der Waals surface area contributed by atoms with Gasteiger partial charge in [-0.05, 0) is 36.8 Å². The van der Waals surface area contributed by atoms with Crippen LogP contribution in [0.1, 0.15) is 17.3 Å². The van der Waals surface area contributed by atoms with Gasteiger partial charge in [0.25, 0.3) is 0 Å². The zero-order valence-corrected chi connectivity index (χ0v) is 14.2. The molecule has 0 saturated heterocycles. The van der Waals surface area contributed by atoms with E-state index >= 15 is 0 Å². The average Bonchev–Trinajstić information content (AvgIpc) is 2.93. The third-order valence-corrected chi connectivity index (χ3v) is 3.92. The molecule has 0 aliphatic carbocycles. The van der Waals surface area contributed by atoms with E-state index in [0.717, 1.165) is 16.9 Å². The fraction of sp³-hybridized carbons (Fsp3) is 0.375. The number of methoxy groups -OCH3 is 1. The fourth-order valence-corrected chi connectivity index (χ4v) is 2.40. The Balaban J connectivity index is 1.93. The highest BCUT2D eigenvalue weighted by molar-refractivity contribution is 6.31. The molecule has 1 heterocycles. The van der Waals surface area contributed by atoms with E-state index in [0.29, 0.717) is 11.6 Å². The standard InChI is InChI=1S/C16H21ClN4O2/c1-11-8-12(4-5-13(11)17)20-16(22)9-18-14(10-23-3)15-6-7-19-21(15)2/h4-8,14,18H,9-10H2,1-3H3,(H,20,22)/t14-/m1/s1. The van der Waals surface area contributed by atoms with Crippen LogP contribution in [0.5, 0.6) is 0 Å². The van der Waals surface area contributed by atoms with Crippen LogP contribution in [0.2, 0.25) is 5.02 Å². The molecule has 1 atom stereocenters. The molecule has 0 fully saturated rings. The number of aryl methyl sites for hydroxylation is 2. The van der Waals surface area contributed by atoms with Crippen molar-refractivity contribution in [2.75, 3.05) is 25.6 Å². The molecule has 7 heteroatoms. The van der Waals surface area contributed by atoms with Crippen molar-refractivity contribution < 1.29 is 9.53 Å². The third kappa shape index (κ3) is 4.79. The van der Waals surface area contributed by atoms with E-state index in [4.69, 9.17) is 16.3 Å². The second-order valence-electron chi connectivity index (χ2n) is 5.28. The van der Waals surface area contributed by atoms with E-state index < -0.39 is 0 Å². The van der Waals surface area contributed by atoms with E-state index in [1.807, 2.05) is 26.1 Å². The Hall–Kier alpha value is -1.89. The molecule has 1 amide bonds. The highest BCUT2D eigenvalue weighted by Crippen LogP contribution is 2.19. The zero-order chi connectivity index (χ0) is 16.8. The highest BCUT2D eigenvalue weighted by atomic mass is 35.5. The second kappa shape index (κ2) is 8.10. The largest absolute Gasteiger partial charge is 0.383 e. The SMILES string of the molecule is COC[C@@H](NCC(=O)Nc1ccc(Cl)c(C)c1)c1ccnn1C. The number of carbonyl (C=O) groups excluding carboxylic acids is 1. The van der Waals surface area contributed by atoms with Gasteiger partial charge in [0, 0.05) is 31.1 Å². The summed E-state index contributed by atoms with van der Waals surface area (Å²) in [5.41, 5.74) is 2.61. The fourth-order valence-electron chi connectivity index (χ4n) is 2.28. The normalized spacial score (nSPS) is 12.2. The lowest BCUT2D eigenvalue weighted by Crippen LogP contribution is -2.34. The van der Waals surface area contributed by atoms with Gasteiger partial charge >= 0.3 is 0 Å². The summed E-state index contributed by atoms with van der Waals surface area (Å²) in [6.45, 7) is 2.51. The van der Waals surface area contributed by atoms with Crippen LogP contribution in [0, 0.1) is 6.92 Å². The van der Waals surface area contributed by atoms with E-state index in [1.165, 1.54) is 0 Å². The van der Waals surface area contributed by atoms with Crippen molar-refractivity contribution in [2.24, 2.45) is 7.05 Å². The predicted octanol–water partition coefficient (Wildman–Crippen LogP) is 2.30.